The number of carbonyl (C=O) groups is 2. The molecule has 1 aromatic carbocycles. The van der Waals surface area contributed by atoms with Crippen molar-refractivity contribution >= 4 is 17.5 Å². The number of nitrogens with zero attached hydrogens (tertiary/aromatic N) is 2. The van der Waals surface area contributed by atoms with Crippen molar-refractivity contribution in [1.82, 2.24) is 10.2 Å². The van der Waals surface area contributed by atoms with Gasteiger partial charge in [0.05, 0.1) is 18.2 Å². The lowest BCUT2D eigenvalue weighted by Gasteiger charge is -2.42. The molecule has 158 valence electrons. The van der Waals surface area contributed by atoms with Crippen LogP contribution in [0.1, 0.15) is 50.0 Å². The SMILES string of the molecule is O=C1CCC(c2ccc(N3CCC(N4CCCC(F)(F)C4)CC3)c(F)c2)C(=O)N1. The fourth-order valence-corrected chi connectivity index (χ4v) is 4.79. The van der Waals surface area contributed by atoms with Gasteiger partial charge in [0.25, 0.3) is 5.92 Å². The first kappa shape index (κ1) is 20.2. The average Bonchev–Trinajstić information content (AvgIpc) is 2.67. The summed E-state index contributed by atoms with van der Waals surface area (Å²) < 4.78 is 42.2. The number of anilines is 1. The summed E-state index contributed by atoms with van der Waals surface area (Å²) in [5.41, 5.74) is 1.05. The molecule has 1 unspecified atom stereocenters. The lowest BCUT2D eigenvalue weighted by molar-refractivity contribution is -0.134. The second-order valence-corrected chi connectivity index (χ2v) is 8.36. The zero-order chi connectivity index (χ0) is 20.6. The highest BCUT2D eigenvalue weighted by atomic mass is 19.3. The van der Waals surface area contributed by atoms with E-state index in [2.05, 4.69) is 5.32 Å². The minimum absolute atomic E-state index is 0.0346. The molecular weight excluding hydrogens is 383 g/mol. The molecule has 2 amide bonds. The van der Waals surface area contributed by atoms with Gasteiger partial charge in [0, 0.05) is 32.0 Å². The minimum Gasteiger partial charge on any atom is -0.369 e. The third-order valence-corrected chi connectivity index (χ3v) is 6.36. The number of carbonyl (C=O) groups excluding carboxylic acids is 2. The monoisotopic (exact) mass is 409 g/mol. The molecule has 3 heterocycles. The number of piperidine rings is 3. The standard InChI is InChI=1S/C21H26F3N3O2/c22-17-12-14(16-3-5-19(28)25-20(16)29)2-4-18(17)26-10-6-15(7-11-26)27-9-1-8-21(23,24)13-27/h2,4,12,15-16H,1,3,5-11,13H2,(H,25,28,29). The molecule has 0 aliphatic carbocycles. The maximum Gasteiger partial charge on any atom is 0.260 e. The summed E-state index contributed by atoms with van der Waals surface area (Å²) in [5, 5.41) is 2.30. The molecule has 0 saturated carbocycles. The molecule has 3 aliphatic rings. The molecule has 8 heteroatoms. The molecule has 0 aromatic heterocycles. The van der Waals surface area contributed by atoms with E-state index in [0.717, 1.165) is 12.8 Å². The summed E-state index contributed by atoms with van der Waals surface area (Å²) in [5.74, 6) is -4.18. The number of nitrogens with one attached hydrogen (secondary N) is 1. The fourth-order valence-electron chi connectivity index (χ4n) is 4.79. The summed E-state index contributed by atoms with van der Waals surface area (Å²) in [6.45, 7) is 1.75. The maximum absolute atomic E-state index is 14.8. The van der Waals surface area contributed by atoms with E-state index in [4.69, 9.17) is 0 Å². The maximum atomic E-state index is 14.8. The van der Waals surface area contributed by atoms with Crippen LogP contribution in [0.2, 0.25) is 0 Å². The smallest absolute Gasteiger partial charge is 0.260 e. The Labute approximate surface area is 168 Å². The first-order valence-electron chi connectivity index (χ1n) is 10.3. The molecule has 0 radical (unpaired) electrons. The van der Waals surface area contributed by atoms with Gasteiger partial charge in [0.15, 0.2) is 0 Å². The van der Waals surface area contributed by atoms with Crippen LogP contribution in [-0.4, -0.2) is 54.9 Å². The summed E-state index contributed by atoms with van der Waals surface area (Å²) >= 11 is 0. The number of halogens is 3. The number of imide groups is 1. The second kappa shape index (κ2) is 7.97. The molecule has 3 fully saturated rings. The van der Waals surface area contributed by atoms with E-state index in [1.807, 2.05) is 9.80 Å². The Morgan fingerprint density at radius 3 is 2.48 bits per heavy atom. The van der Waals surface area contributed by atoms with E-state index in [1.54, 1.807) is 12.1 Å². The van der Waals surface area contributed by atoms with E-state index in [1.165, 1.54) is 6.07 Å². The Hall–Kier alpha value is -2.09. The van der Waals surface area contributed by atoms with Crippen molar-refractivity contribution in [2.24, 2.45) is 0 Å². The van der Waals surface area contributed by atoms with Crippen LogP contribution in [0, 0.1) is 5.82 Å². The molecule has 4 rings (SSSR count). The number of benzene rings is 1. The number of amides is 2. The van der Waals surface area contributed by atoms with Crippen molar-refractivity contribution in [1.29, 1.82) is 0 Å². The summed E-state index contributed by atoms with van der Waals surface area (Å²) in [4.78, 5) is 27.1. The van der Waals surface area contributed by atoms with Gasteiger partial charge in [-0.3, -0.25) is 19.8 Å². The average molecular weight is 409 g/mol. The Balaban J connectivity index is 1.39. The molecule has 1 aromatic rings. The topological polar surface area (TPSA) is 52.7 Å². The normalized spacial score (nSPS) is 26.4. The predicted molar refractivity (Wildman–Crippen MR) is 103 cm³/mol. The molecule has 1 N–H and O–H groups in total. The minimum atomic E-state index is -2.60. The molecule has 1 atom stereocenters. The lowest BCUT2D eigenvalue weighted by Crippen LogP contribution is -2.51. The van der Waals surface area contributed by atoms with Gasteiger partial charge in [0.2, 0.25) is 11.8 Å². The second-order valence-electron chi connectivity index (χ2n) is 8.36. The van der Waals surface area contributed by atoms with Crippen LogP contribution in [0.3, 0.4) is 0 Å². The number of alkyl halides is 2. The van der Waals surface area contributed by atoms with Crippen molar-refractivity contribution in [3.05, 3.63) is 29.6 Å². The van der Waals surface area contributed by atoms with Crippen LogP contribution in [-0.2, 0) is 9.59 Å². The number of hydrogen-bond acceptors (Lipinski definition) is 4. The van der Waals surface area contributed by atoms with Crippen molar-refractivity contribution < 1.29 is 22.8 Å². The number of rotatable bonds is 3. The Morgan fingerprint density at radius 2 is 1.83 bits per heavy atom. The Morgan fingerprint density at radius 1 is 1.07 bits per heavy atom. The van der Waals surface area contributed by atoms with E-state index in [9.17, 15) is 22.8 Å². The molecular formula is C21H26F3N3O2. The highest BCUT2D eigenvalue weighted by Gasteiger charge is 2.38. The molecule has 5 nitrogen and oxygen atoms in total. The lowest BCUT2D eigenvalue weighted by atomic mass is 9.90. The van der Waals surface area contributed by atoms with E-state index in [0.29, 0.717) is 43.7 Å². The zero-order valence-electron chi connectivity index (χ0n) is 16.3. The summed E-state index contributed by atoms with van der Waals surface area (Å²) in [7, 11) is 0. The third-order valence-electron chi connectivity index (χ3n) is 6.36. The largest absolute Gasteiger partial charge is 0.369 e. The molecule has 0 bridgehead atoms. The van der Waals surface area contributed by atoms with Gasteiger partial charge in [-0.05, 0) is 49.9 Å². The fraction of sp³-hybridized carbons (Fsp3) is 0.619. The Kier molecular flexibility index (Phi) is 5.55. The van der Waals surface area contributed by atoms with E-state index in [-0.39, 0.29) is 37.2 Å². The van der Waals surface area contributed by atoms with E-state index >= 15 is 0 Å². The van der Waals surface area contributed by atoms with Crippen LogP contribution < -0.4 is 10.2 Å². The summed E-state index contributed by atoms with van der Waals surface area (Å²) in [6, 6.07) is 4.93. The van der Waals surface area contributed by atoms with Crippen LogP contribution in [0.5, 0.6) is 0 Å². The van der Waals surface area contributed by atoms with Gasteiger partial charge >= 0.3 is 0 Å². The molecule has 0 spiro atoms. The van der Waals surface area contributed by atoms with Gasteiger partial charge in [-0.1, -0.05) is 6.07 Å². The molecule has 29 heavy (non-hydrogen) atoms. The summed E-state index contributed by atoms with van der Waals surface area (Å²) in [6.07, 6.45) is 2.57. The molecule has 3 saturated heterocycles. The van der Waals surface area contributed by atoms with E-state index < -0.39 is 17.7 Å². The predicted octanol–water partition coefficient (Wildman–Crippen LogP) is 3.05. The van der Waals surface area contributed by atoms with Crippen molar-refractivity contribution in [3.63, 3.8) is 0 Å². The Bertz CT molecular complexity index is 793. The first-order valence-corrected chi connectivity index (χ1v) is 10.3. The van der Waals surface area contributed by atoms with Crippen molar-refractivity contribution in [2.75, 3.05) is 31.1 Å². The van der Waals surface area contributed by atoms with Crippen LogP contribution >= 0.6 is 0 Å². The van der Waals surface area contributed by atoms with Gasteiger partial charge in [-0.2, -0.15) is 0 Å². The van der Waals surface area contributed by atoms with Gasteiger partial charge in [0.1, 0.15) is 5.82 Å². The van der Waals surface area contributed by atoms with Gasteiger partial charge in [-0.15, -0.1) is 0 Å². The highest BCUT2D eigenvalue weighted by Crippen LogP contribution is 2.33. The highest BCUT2D eigenvalue weighted by molar-refractivity contribution is 6.00. The van der Waals surface area contributed by atoms with Gasteiger partial charge in [-0.25, -0.2) is 13.2 Å². The quantitative estimate of drug-likeness (QED) is 0.780. The van der Waals surface area contributed by atoms with Gasteiger partial charge < -0.3 is 4.90 Å². The van der Waals surface area contributed by atoms with Crippen molar-refractivity contribution in [2.45, 2.75) is 56.4 Å². The number of hydrogen-bond donors (Lipinski definition) is 1. The van der Waals surface area contributed by atoms with Crippen LogP contribution in [0.25, 0.3) is 0 Å². The van der Waals surface area contributed by atoms with Crippen LogP contribution in [0.15, 0.2) is 18.2 Å². The molecule has 3 aliphatic heterocycles. The third kappa shape index (κ3) is 4.42. The number of likely N-dealkylation sites (tertiary alicyclic amines) is 1. The van der Waals surface area contributed by atoms with Crippen LogP contribution in [0.4, 0.5) is 18.9 Å². The van der Waals surface area contributed by atoms with Crippen molar-refractivity contribution in [3.8, 4) is 0 Å². The first-order chi connectivity index (χ1) is 13.8. The zero-order valence-corrected chi connectivity index (χ0v) is 16.3.